The van der Waals surface area contributed by atoms with E-state index in [-0.39, 0.29) is 5.56 Å². The van der Waals surface area contributed by atoms with E-state index >= 15 is 0 Å². The average molecular weight is 332 g/mol. The van der Waals surface area contributed by atoms with Crippen LogP contribution in [0.5, 0.6) is 0 Å². The van der Waals surface area contributed by atoms with Crippen LogP contribution in [0.15, 0.2) is 59.0 Å². The topological polar surface area (TPSA) is 37.3 Å². The number of thiazole rings is 1. The van der Waals surface area contributed by atoms with Gasteiger partial charge in [0, 0.05) is 16.5 Å². The summed E-state index contributed by atoms with van der Waals surface area (Å²) in [6, 6.07) is 14.3. The minimum atomic E-state index is -0.415. The number of aromatic nitrogens is 1. The lowest BCUT2D eigenvalue weighted by atomic mass is 10.2. The minimum Gasteiger partial charge on any atom is -0.253 e. The van der Waals surface area contributed by atoms with Crippen molar-refractivity contribution < 1.29 is 4.39 Å². The summed E-state index contributed by atoms with van der Waals surface area (Å²) in [5.41, 5.74) is 4.94. The van der Waals surface area contributed by atoms with Gasteiger partial charge in [-0.2, -0.15) is 5.10 Å². The van der Waals surface area contributed by atoms with E-state index in [0.717, 1.165) is 11.3 Å². The molecule has 0 saturated carbocycles. The maximum atomic E-state index is 13.6. The first kappa shape index (κ1) is 14.7. The second-order valence-electron chi connectivity index (χ2n) is 4.41. The first-order valence-electron chi connectivity index (χ1n) is 6.48. The molecule has 3 rings (SSSR count). The molecule has 110 valence electrons. The van der Waals surface area contributed by atoms with Crippen LogP contribution in [0, 0.1) is 5.82 Å². The Bertz CT molecular complexity index is 782. The van der Waals surface area contributed by atoms with Crippen LogP contribution in [-0.2, 0) is 0 Å². The molecule has 3 aromatic rings. The number of anilines is 1. The van der Waals surface area contributed by atoms with Gasteiger partial charge in [-0.25, -0.2) is 9.37 Å². The summed E-state index contributed by atoms with van der Waals surface area (Å²) in [5.74, 6) is -0.415. The normalized spacial score (nSPS) is 11.0. The molecule has 3 nitrogen and oxygen atoms in total. The molecule has 0 aliphatic heterocycles. The Labute approximate surface area is 136 Å². The number of benzene rings is 2. The zero-order valence-corrected chi connectivity index (χ0v) is 12.9. The quantitative estimate of drug-likeness (QED) is 0.536. The summed E-state index contributed by atoms with van der Waals surface area (Å²) in [6.45, 7) is 0. The molecule has 22 heavy (non-hydrogen) atoms. The molecule has 0 radical (unpaired) electrons. The fourth-order valence-corrected chi connectivity index (χ4v) is 2.73. The number of hydrazone groups is 1. The van der Waals surface area contributed by atoms with Crippen molar-refractivity contribution in [1.29, 1.82) is 0 Å². The molecule has 0 bridgehead atoms. The minimum absolute atomic E-state index is 0.247. The Hall–Kier alpha value is -2.24. The van der Waals surface area contributed by atoms with Crippen LogP contribution in [-0.4, -0.2) is 11.2 Å². The molecule has 2 aromatic carbocycles. The summed E-state index contributed by atoms with van der Waals surface area (Å²) in [4.78, 5) is 4.42. The fourth-order valence-electron chi connectivity index (χ4n) is 1.85. The van der Waals surface area contributed by atoms with Crippen LogP contribution in [0.25, 0.3) is 11.3 Å². The molecule has 0 aliphatic rings. The Morgan fingerprint density at radius 2 is 1.95 bits per heavy atom. The Morgan fingerprint density at radius 3 is 2.73 bits per heavy atom. The largest absolute Gasteiger partial charge is 0.253 e. The SMILES string of the molecule is Fc1cccc(Cl)c1/C=N\Nc1nc(-c2ccccc2)cs1. The number of rotatable bonds is 4. The van der Waals surface area contributed by atoms with E-state index in [9.17, 15) is 4.39 Å². The van der Waals surface area contributed by atoms with Crippen molar-refractivity contribution in [1.82, 2.24) is 4.98 Å². The van der Waals surface area contributed by atoms with Crippen LogP contribution in [0.2, 0.25) is 5.02 Å². The Balaban J connectivity index is 1.72. The van der Waals surface area contributed by atoms with Crippen molar-refractivity contribution in [3.8, 4) is 11.3 Å². The lowest BCUT2D eigenvalue weighted by Crippen LogP contribution is -1.93. The van der Waals surface area contributed by atoms with Crippen LogP contribution in [0.4, 0.5) is 9.52 Å². The van der Waals surface area contributed by atoms with Crippen molar-refractivity contribution in [2.75, 3.05) is 5.43 Å². The maximum Gasteiger partial charge on any atom is 0.203 e. The number of nitrogens with one attached hydrogen (secondary N) is 1. The predicted molar refractivity (Wildman–Crippen MR) is 90.2 cm³/mol. The number of halogens is 2. The molecule has 0 aliphatic carbocycles. The smallest absolute Gasteiger partial charge is 0.203 e. The van der Waals surface area contributed by atoms with Crippen LogP contribution in [0.1, 0.15) is 5.56 Å². The van der Waals surface area contributed by atoms with Crippen LogP contribution < -0.4 is 5.43 Å². The third-order valence-electron chi connectivity index (χ3n) is 2.93. The monoisotopic (exact) mass is 331 g/mol. The first-order valence-corrected chi connectivity index (χ1v) is 7.74. The predicted octanol–water partition coefficient (Wildman–Crippen LogP) is 5.05. The van der Waals surface area contributed by atoms with Crippen molar-refractivity contribution >= 4 is 34.3 Å². The van der Waals surface area contributed by atoms with E-state index in [2.05, 4.69) is 15.5 Å². The number of nitrogens with zero attached hydrogens (tertiary/aromatic N) is 2. The Kier molecular flexibility index (Phi) is 4.46. The zero-order valence-electron chi connectivity index (χ0n) is 11.3. The van der Waals surface area contributed by atoms with Gasteiger partial charge in [-0.05, 0) is 12.1 Å². The molecule has 6 heteroatoms. The van der Waals surface area contributed by atoms with E-state index in [0.29, 0.717) is 10.2 Å². The fraction of sp³-hybridized carbons (Fsp3) is 0. The van der Waals surface area contributed by atoms with Gasteiger partial charge in [0.05, 0.1) is 16.9 Å². The highest BCUT2D eigenvalue weighted by Gasteiger charge is 2.05. The van der Waals surface area contributed by atoms with E-state index < -0.39 is 5.82 Å². The first-order chi connectivity index (χ1) is 10.7. The average Bonchev–Trinajstić information content (AvgIpc) is 3.00. The third kappa shape index (κ3) is 3.32. The molecule has 1 aromatic heterocycles. The van der Waals surface area contributed by atoms with E-state index in [1.54, 1.807) is 12.1 Å². The highest BCUT2D eigenvalue weighted by Crippen LogP contribution is 2.24. The molecule has 0 unspecified atom stereocenters. The van der Waals surface area contributed by atoms with E-state index in [4.69, 9.17) is 11.6 Å². The second kappa shape index (κ2) is 6.68. The summed E-state index contributed by atoms with van der Waals surface area (Å²) in [7, 11) is 0. The van der Waals surface area contributed by atoms with Crippen molar-refractivity contribution in [2.24, 2.45) is 5.10 Å². The summed E-state index contributed by atoms with van der Waals surface area (Å²) < 4.78 is 13.6. The standard InChI is InChI=1S/C16H11ClFN3S/c17-13-7-4-8-14(18)12(13)9-19-21-16-20-15(10-22-16)11-5-2-1-3-6-11/h1-10H,(H,20,21)/b19-9-. The highest BCUT2D eigenvalue weighted by molar-refractivity contribution is 7.14. The van der Waals surface area contributed by atoms with Gasteiger partial charge in [-0.3, -0.25) is 5.43 Å². The molecular formula is C16H11ClFN3S. The maximum absolute atomic E-state index is 13.6. The summed E-state index contributed by atoms with van der Waals surface area (Å²) in [5, 5.41) is 6.86. The molecule has 0 amide bonds. The molecule has 0 spiro atoms. The van der Waals surface area contributed by atoms with Crippen molar-refractivity contribution in [3.63, 3.8) is 0 Å². The van der Waals surface area contributed by atoms with Crippen LogP contribution >= 0.6 is 22.9 Å². The highest BCUT2D eigenvalue weighted by atomic mass is 35.5. The van der Waals surface area contributed by atoms with Gasteiger partial charge in [0.1, 0.15) is 5.82 Å². The van der Waals surface area contributed by atoms with E-state index in [1.165, 1.54) is 23.6 Å². The van der Waals surface area contributed by atoms with Gasteiger partial charge in [0.2, 0.25) is 5.13 Å². The van der Waals surface area contributed by atoms with Gasteiger partial charge in [-0.1, -0.05) is 48.0 Å². The molecule has 1 N–H and O–H groups in total. The Morgan fingerprint density at radius 1 is 1.14 bits per heavy atom. The molecule has 0 atom stereocenters. The van der Waals surface area contributed by atoms with Crippen molar-refractivity contribution in [3.05, 3.63) is 70.3 Å². The number of hydrogen-bond acceptors (Lipinski definition) is 4. The third-order valence-corrected chi connectivity index (χ3v) is 4.00. The second-order valence-corrected chi connectivity index (χ2v) is 5.67. The molecule has 0 saturated heterocycles. The lowest BCUT2D eigenvalue weighted by molar-refractivity contribution is 0.626. The van der Waals surface area contributed by atoms with Crippen molar-refractivity contribution in [2.45, 2.75) is 0 Å². The van der Waals surface area contributed by atoms with Crippen LogP contribution in [0.3, 0.4) is 0 Å². The molecule has 0 fully saturated rings. The van der Waals surface area contributed by atoms with Gasteiger partial charge in [0.15, 0.2) is 0 Å². The number of hydrogen-bond donors (Lipinski definition) is 1. The van der Waals surface area contributed by atoms with Gasteiger partial charge in [-0.15, -0.1) is 11.3 Å². The van der Waals surface area contributed by atoms with Gasteiger partial charge in [0.25, 0.3) is 0 Å². The lowest BCUT2D eigenvalue weighted by Gasteiger charge is -1.99. The van der Waals surface area contributed by atoms with Gasteiger partial charge >= 0.3 is 0 Å². The van der Waals surface area contributed by atoms with E-state index in [1.807, 2.05) is 35.7 Å². The zero-order chi connectivity index (χ0) is 15.4. The molecular weight excluding hydrogens is 321 g/mol. The summed E-state index contributed by atoms with van der Waals surface area (Å²) in [6.07, 6.45) is 1.35. The molecule has 1 heterocycles. The summed E-state index contributed by atoms with van der Waals surface area (Å²) >= 11 is 7.35. The van der Waals surface area contributed by atoms with Gasteiger partial charge < -0.3 is 0 Å².